The van der Waals surface area contributed by atoms with E-state index in [9.17, 15) is 9.59 Å². The maximum atomic E-state index is 12.2. The van der Waals surface area contributed by atoms with Crippen LogP contribution >= 0.6 is 22.6 Å². The normalized spacial score (nSPS) is 16.0. The molecule has 3 nitrogen and oxygen atoms in total. The average Bonchev–Trinajstić information content (AvgIpc) is 2.63. The summed E-state index contributed by atoms with van der Waals surface area (Å²) in [5, 5.41) is 0. The third-order valence-electron chi connectivity index (χ3n) is 3.15. The molecule has 0 aliphatic carbocycles. The number of benzene rings is 1. The molecule has 0 spiro atoms. The molecule has 1 aromatic carbocycles. The van der Waals surface area contributed by atoms with Gasteiger partial charge >= 0.3 is 0 Å². The molecule has 96 valence electrons. The van der Waals surface area contributed by atoms with Gasteiger partial charge in [0.1, 0.15) is 0 Å². The Balaban J connectivity index is 2.13. The van der Waals surface area contributed by atoms with Gasteiger partial charge in [0.15, 0.2) is 0 Å². The van der Waals surface area contributed by atoms with Gasteiger partial charge in [-0.05, 0) is 18.6 Å². The average molecular weight is 357 g/mol. The van der Waals surface area contributed by atoms with Crippen molar-refractivity contribution in [2.24, 2.45) is 0 Å². The highest BCUT2D eigenvalue weighted by molar-refractivity contribution is 14.1. The number of amides is 2. The first-order valence-electron chi connectivity index (χ1n) is 6.27. The van der Waals surface area contributed by atoms with Crippen molar-refractivity contribution in [3.8, 4) is 0 Å². The Labute approximate surface area is 121 Å². The molecule has 18 heavy (non-hydrogen) atoms. The number of hydrogen-bond acceptors (Lipinski definition) is 2. The standard InChI is InChI=1S/C14H16INO2/c1-2-3-4-9-12(15)16-13(17)10-7-5-6-8-11(10)14(16)18/h5-8,12H,2-4,9H2,1H3. The fourth-order valence-electron chi connectivity index (χ4n) is 2.15. The molecule has 0 bridgehead atoms. The molecular formula is C14H16INO2. The number of unbranched alkanes of at least 4 members (excludes halogenated alkanes) is 2. The molecule has 0 saturated heterocycles. The van der Waals surface area contributed by atoms with Gasteiger partial charge in [-0.1, -0.05) is 60.9 Å². The summed E-state index contributed by atoms with van der Waals surface area (Å²) in [7, 11) is 0. The summed E-state index contributed by atoms with van der Waals surface area (Å²) >= 11 is 2.20. The van der Waals surface area contributed by atoms with Crippen LogP contribution in [0.4, 0.5) is 0 Å². The Morgan fingerprint density at radius 1 is 1.11 bits per heavy atom. The highest BCUT2D eigenvalue weighted by atomic mass is 127. The second-order valence-corrected chi connectivity index (χ2v) is 5.89. The summed E-state index contributed by atoms with van der Waals surface area (Å²) in [6.07, 6.45) is 4.21. The molecule has 1 aliphatic rings. The minimum Gasteiger partial charge on any atom is -0.269 e. The van der Waals surface area contributed by atoms with Crippen LogP contribution in [-0.4, -0.2) is 20.8 Å². The number of carbonyl (C=O) groups excluding carboxylic acids is 2. The lowest BCUT2D eigenvalue weighted by Crippen LogP contribution is -2.36. The molecule has 1 aliphatic heterocycles. The zero-order chi connectivity index (χ0) is 13.1. The van der Waals surface area contributed by atoms with Crippen LogP contribution in [0.2, 0.25) is 0 Å². The molecule has 0 radical (unpaired) electrons. The van der Waals surface area contributed by atoms with Crippen LogP contribution in [0.25, 0.3) is 0 Å². The third kappa shape index (κ3) is 2.43. The Kier molecular flexibility index (Phi) is 4.37. The van der Waals surface area contributed by atoms with E-state index in [2.05, 4.69) is 29.5 Å². The quantitative estimate of drug-likeness (QED) is 0.265. The first-order chi connectivity index (χ1) is 8.66. The number of alkyl halides is 1. The van der Waals surface area contributed by atoms with E-state index in [1.165, 1.54) is 4.90 Å². The largest absolute Gasteiger partial charge is 0.269 e. The monoisotopic (exact) mass is 357 g/mol. The molecule has 2 rings (SSSR count). The highest BCUT2D eigenvalue weighted by Gasteiger charge is 2.38. The zero-order valence-electron chi connectivity index (χ0n) is 10.4. The minimum absolute atomic E-state index is 0.0402. The zero-order valence-corrected chi connectivity index (χ0v) is 12.5. The van der Waals surface area contributed by atoms with Crippen molar-refractivity contribution in [2.45, 2.75) is 36.7 Å². The van der Waals surface area contributed by atoms with E-state index < -0.39 is 0 Å². The predicted octanol–water partition coefficient (Wildman–Crippen LogP) is 3.62. The van der Waals surface area contributed by atoms with Crippen LogP contribution in [0.3, 0.4) is 0 Å². The number of nitrogens with zero attached hydrogens (tertiary/aromatic N) is 1. The van der Waals surface area contributed by atoms with Crippen molar-refractivity contribution in [1.82, 2.24) is 4.90 Å². The summed E-state index contributed by atoms with van der Waals surface area (Å²) in [6, 6.07) is 7.05. The second-order valence-electron chi connectivity index (χ2n) is 4.46. The Morgan fingerprint density at radius 2 is 1.67 bits per heavy atom. The van der Waals surface area contributed by atoms with Crippen LogP contribution < -0.4 is 0 Å². The smallest absolute Gasteiger partial charge is 0.262 e. The number of hydrogen-bond donors (Lipinski definition) is 0. The van der Waals surface area contributed by atoms with Gasteiger partial charge in [-0.2, -0.15) is 0 Å². The molecule has 1 aromatic rings. The lowest BCUT2D eigenvalue weighted by atomic mass is 10.1. The van der Waals surface area contributed by atoms with Crippen LogP contribution in [0.15, 0.2) is 24.3 Å². The van der Waals surface area contributed by atoms with E-state index in [0.717, 1.165) is 25.7 Å². The fourth-order valence-corrected chi connectivity index (χ4v) is 3.10. The summed E-state index contributed by atoms with van der Waals surface area (Å²) < 4.78 is -0.0402. The molecule has 0 saturated carbocycles. The number of halogens is 1. The van der Waals surface area contributed by atoms with E-state index in [-0.39, 0.29) is 15.9 Å². The van der Waals surface area contributed by atoms with Gasteiger partial charge in [-0.15, -0.1) is 0 Å². The Hall–Kier alpha value is -0.910. The fraction of sp³-hybridized carbons (Fsp3) is 0.429. The van der Waals surface area contributed by atoms with Crippen LogP contribution in [0, 0.1) is 0 Å². The molecule has 0 fully saturated rings. The van der Waals surface area contributed by atoms with Gasteiger partial charge in [-0.3, -0.25) is 14.5 Å². The SMILES string of the molecule is CCCCCC(I)N1C(=O)c2ccccc2C1=O. The van der Waals surface area contributed by atoms with Gasteiger partial charge in [0.25, 0.3) is 11.8 Å². The molecule has 4 heteroatoms. The third-order valence-corrected chi connectivity index (χ3v) is 4.33. The maximum absolute atomic E-state index is 12.2. The Bertz CT molecular complexity index is 438. The summed E-state index contributed by atoms with van der Waals surface area (Å²) in [5.41, 5.74) is 1.08. The molecule has 0 aromatic heterocycles. The molecule has 1 heterocycles. The highest BCUT2D eigenvalue weighted by Crippen LogP contribution is 2.28. The summed E-state index contributed by atoms with van der Waals surface area (Å²) in [6.45, 7) is 2.14. The van der Waals surface area contributed by atoms with E-state index in [0.29, 0.717) is 11.1 Å². The van der Waals surface area contributed by atoms with Crippen molar-refractivity contribution >= 4 is 34.4 Å². The minimum atomic E-state index is -0.147. The van der Waals surface area contributed by atoms with E-state index >= 15 is 0 Å². The summed E-state index contributed by atoms with van der Waals surface area (Å²) in [5.74, 6) is -0.294. The molecule has 0 N–H and O–H groups in total. The van der Waals surface area contributed by atoms with Gasteiger partial charge < -0.3 is 0 Å². The Morgan fingerprint density at radius 3 is 2.17 bits per heavy atom. The topological polar surface area (TPSA) is 37.4 Å². The van der Waals surface area contributed by atoms with Crippen LogP contribution in [0.1, 0.15) is 53.3 Å². The van der Waals surface area contributed by atoms with Gasteiger partial charge in [0.2, 0.25) is 0 Å². The number of carbonyl (C=O) groups is 2. The summed E-state index contributed by atoms with van der Waals surface area (Å²) in [4.78, 5) is 25.8. The van der Waals surface area contributed by atoms with Crippen molar-refractivity contribution in [3.63, 3.8) is 0 Å². The predicted molar refractivity (Wildman–Crippen MR) is 78.9 cm³/mol. The number of rotatable bonds is 5. The molecule has 1 atom stereocenters. The van der Waals surface area contributed by atoms with E-state index in [4.69, 9.17) is 0 Å². The van der Waals surface area contributed by atoms with E-state index in [1.807, 2.05) is 0 Å². The van der Waals surface area contributed by atoms with Crippen molar-refractivity contribution in [2.75, 3.05) is 0 Å². The first kappa shape index (κ1) is 13.5. The van der Waals surface area contributed by atoms with Crippen molar-refractivity contribution < 1.29 is 9.59 Å². The van der Waals surface area contributed by atoms with Crippen LogP contribution in [0.5, 0.6) is 0 Å². The van der Waals surface area contributed by atoms with E-state index in [1.54, 1.807) is 24.3 Å². The lowest BCUT2D eigenvalue weighted by molar-refractivity contribution is 0.0641. The van der Waals surface area contributed by atoms with Gasteiger partial charge in [0, 0.05) is 0 Å². The number of imide groups is 1. The van der Waals surface area contributed by atoms with Gasteiger partial charge in [0.05, 0.1) is 15.2 Å². The molecule has 1 unspecified atom stereocenters. The second kappa shape index (κ2) is 5.82. The van der Waals surface area contributed by atoms with Gasteiger partial charge in [-0.25, -0.2) is 0 Å². The molecular weight excluding hydrogens is 341 g/mol. The number of fused-ring (bicyclic) bond motifs is 1. The van der Waals surface area contributed by atoms with Crippen molar-refractivity contribution in [1.29, 1.82) is 0 Å². The molecule has 2 amide bonds. The van der Waals surface area contributed by atoms with Crippen LogP contribution in [-0.2, 0) is 0 Å². The maximum Gasteiger partial charge on any atom is 0.262 e. The lowest BCUT2D eigenvalue weighted by Gasteiger charge is -2.20. The first-order valence-corrected chi connectivity index (χ1v) is 7.52. The van der Waals surface area contributed by atoms with Crippen molar-refractivity contribution in [3.05, 3.63) is 35.4 Å².